The van der Waals surface area contributed by atoms with Crippen LogP contribution >= 0.6 is 0 Å². The molecular formula is C18H32N2O5. The second-order valence-corrected chi connectivity index (χ2v) is 8.53. The fourth-order valence-electron chi connectivity index (χ4n) is 2.18. The summed E-state index contributed by atoms with van der Waals surface area (Å²) >= 11 is 0. The van der Waals surface area contributed by atoms with Crippen LogP contribution in [0.15, 0.2) is 11.6 Å². The minimum absolute atomic E-state index is 0.119. The first-order valence-electron chi connectivity index (χ1n) is 8.47. The van der Waals surface area contributed by atoms with E-state index in [9.17, 15) is 9.59 Å². The smallest absolute Gasteiger partial charge is 0.331 e. The van der Waals surface area contributed by atoms with Crippen molar-refractivity contribution in [2.45, 2.75) is 72.6 Å². The van der Waals surface area contributed by atoms with Gasteiger partial charge < -0.3 is 19.5 Å². The standard InChI is InChI=1S/C18H32N2O5/c1-11(15(22)23)9-10-20(8)14(21)12(17(2,3)4)19-13-16(24-13)25-18(5,6)7/h9,12-13,16,19H,10H2,1-8H3,(H,22,23)/b11-9+/t12-,13?,16?/m1/s1. The quantitative estimate of drug-likeness (QED) is 0.535. The number of ether oxygens (including phenoxy) is 2. The lowest BCUT2D eigenvalue weighted by Gasteiger charge is -2.33. The molecule has 0 spiro atoms. The molecule has 1 amide bonds. The number of carboxylic acids is 1. The Bertz CT molecular complexity index is 531. The van der Waals surface area contributed by atoms with Gasteiger partial charge in [0.15, 0.2) is 12.5 Å². The van der Waals surface area contributed by atoms with Crippen molar-refractivity contribution in [2.24, 2.45) is 5.41 Å². The Morgan fingerprint density at radius 2 is 1.84 bits per heavy atom. The van der Waals surface area contributed by atoms with Gasteiger partial charge in [-0.15, -0.1) is 0 Å². The van der Waals surface area contributed by atoms with Gasteiger partial charge in [-0.05, 0) is 33.1 Å². The van der Waals surface area contributed by atoms with E-state index in [4.69, 9.17) is 14.6 Å². The van der Waals surface area contributed by atoms with Crippen LogP contribution in [0, 0.1) is 5.41 Å². The maximum absolute atomic E-state index is 12.8. The molecule has 1 saturated heterocycles. The Kier molecular flexibility index (Phi) is 6.78. The molecule has 1 rings (SSSR count). The molecule has 2 N–H and O–H groups in total. The second kappa shape index (κ2) is 7.85. The van der Waals surface area contributed by atoms with Gasteiger partial charge in [0.05, 0.1) is 11.6 Å². The van der Waals surface area contributed by atoms with E-state index in [1.807, 2.05) is 41.5 Å². The molecule has 0 radical (unpaired) electrons. The maximum atomic E-state index is 12.8. The van der Waals surface area contributed by atoms with Gasteiger partial charge in [-0.1, -0.05) is 26.8 Å². The van der Waals surface area contributed by atoms with E-state index in [1.165, 1.54) is 17.9 Å². The van der Waals surface area contributed by atoms with E-state index < -0.39 is 12.0 Å². The summed E-state index contributed by atoms with van der Waals surface area (Å²) < 4.78 is 11.2. The van der Waals surface area contributed by atoms with E-state index in [-0.39, 0.29) is 41.6 Å². The summed E-state index contributed by atoms with van der Waals surface area (Å²) in [6.45, 7) is 13.5. The predicted molar refractivity (Wildman–Crippen MR) is 94.9 cm³/mol. The van der Waals surface area contributed by atoms with Crippen LogP contribution < -0.4 is 5.32 Å². The van der Waals surface area contributed by atoms with E-state index in [2.05, 4.69) is 5.32 Å². The molecule has 25 heavy (non-hydrogen) atoms. The van der Waals surface area contributed by atoms with Gasteiger partial charge in [0.25, 0.3) is 0 Å². The van der Waals surface area contributed by atoms with Crippen molar-refractivity contribution in [2.75, 3.05) is 13.6 Å². The van der Waals surface area contributed by atoms with Crippen molar-refractivity contribution in [1.29, 1.82) is 0 Å². The minimum Gasteiger partial charge on any atom is -0.478 e. The summed E-state index contributed by atoms with van der Waals surface area (Å²) in [5.41, 5.74) is -0.447. The molecule has 1 heterocycles. The molecule has 0 aliphatic carbocycles. The van der Waals surface area contributed by atoms with Crippen molar-refractivity contribution in [3.8, 4) is 0 Å². The van der Waals surface area contributed by atoms with Crippen LogP contribution in [0.1, 0.15) is 48.5 Å². The number of aliphatic carboxylic acids is 1. The van der Waals surface area contributed by atoms with E-state index in [1.54, 1.807) is 7.05 Å². The number of amides is 1. The fourth-order valence-corrected chi connectivity index (χ4v) is 2.18. The third-order valence-corrected chi connectivity index (χ3v) is 3.75. The number of nitrogens with one attached hydrogen (secondary N) is 1. The van der Waals surface area contributed by atoms with Crippen LogP contribution in [0.3, 0.4) is 0 Å². The number of carbonyl (C=O) groups excluding carboxylic acids is 1. The van der Waals surface area contributed by atoms with E-state index in [0.29, 0.717) is 0 Å². The van der Waals surface area contributed by atoms with Gasteiger partial charge in [-0.25, -0.2) is 4.79 Å². The molecule has 1 aliphatic heterocycles. The molecule has 0 aromatic rings. The van der Waals surface area contributed by atoms with E-state index >= 15 is 0 Å². The molecule has 7 heteroatoms. The van der Waals surface area contributed by atoms with Crippen LogP contribution in [-0.2, 0) is 19.1 Å². The molecule has 144 valence electrons. The van der Waals surface area contributed by atoms with Gasteiger partial charge in [0, 0.05) is 19.2 Å². The van der Waals surface area contributed by atoms with Gasteiger partial charge in [0.2, 0.25) is 5.91 Å². The Balaban J connectivity index is 2.72. The monoisotopic (exact) mass is 356 g/mol. The lowest BCUT2D eigenvalue weighted by Crippen LogP contribution is -2.53. The third kappa shape index (κ3) is 7.13. The average Bonchev–Trinajstić information content (AvgIpc) is 3.15. The number of hydrogen-bond donors (Lipinski definition) is 2. The van der Waals surface area contributed by atoms with Crippen molar-refractivity contribution < 1.29 is 24.2 Å². The first-order valence-corrected chi connectivity index (χ1v) is 8.47. The zero-order valence-electron chi connectivity index (χ0n) is 16.5. The van der Waals surface area contributed by atoms with Crippen LogP contribution in [-0.4, -0.2) is 59.6 Å². The Labute approximate surface area is 150 Å². The summed E-state index contributed by atoms with van der Waals surface area (Å²) in [5.74, 6) is -1.10. The van der Waals surface area contributed by atoms with Gasteiger partial charge in [-0.3, -0.25) is 10.1 Å². The summed E-state index contributed by atoms with van der Waals surface area (Å²) in [7, 11) is 1.66. The largest absolute Gasteiger partial charge is 0.478 e. The zero-order chi connectivity index (χ0) is 19.6. The highest BCUT2D eigenvalue weighted by atomic mass is 16.8. The zero-order valence-corrected chi connectivity index (χ0v) is 16.5. The van der Waals surface area contributed by atoms with Gasteiger partial charge >= 0.3 is 5.97 Å². The molecule has 0 aromatic carbocycles. The molecule has 1 fully saturated rings. The molecule has 0 saturated carbocycles. The van der Waals surface area contributed by atoms with Crippen molar-refractivity contribution in [3.63, 3.8) is 0 Å². The number of carbonyl (C=O) groups is 2. The number of rotatable bonds is 7. The van der Waals surface area contributed by atoms with Crippen molar-refractivity contribution in [3.05, 3.63) is 11.6 Å². The molecule has 3 atom stereocenters. The highest BCUT2D eigenvalue weighted by molar-refractivity contribution is 5.86. The summed E-state index contributed by atoms with van der Waals surface area (Å²) in [6.07, 6.45) is 0.841. The molecule has 2 unspecified atom stereocenters. The number of carboxylic acid groups (broad SMARTS) is 1. The Morgan fingerprint density at radius 3 is 2.28 bits per heavy atom. The Morgan fingerprint density at radius 1 is 1.28 bits per heavy atom. The molecule has 7 nitrogen and oxygen atoms in total. The lowest BCUT2D eigenvalue weighted by molar-refractivity contribution is -0.135. The lowest BCUT2D eigenvalue weighted by atomic mass is 9.85. The first-order chi connectivity index (χ1) is 11.2. The summed E-state index contributed by atoms with van der Waals surface area (Å²) in [4.78, 5) is 25.2. The van der Waals surface area contributed by atoms with Crippen molar-refractivity contribution >= 4 is 11.9 Å². The number of hydrogen-bond acceptors (Lipinski definition) is 5. The van der Waals surface area contributed by atoms with Crippen LogP contribution in [0.5, 0.6) is 0 Å². The first kappa shape index (κ1) is 21.6. The summed E-state index contributed by atoms with van der Waals surface area (Å²) in [5, 5.41) is 12.1. The molecule has 0 bridgehead atoms. The van der Waals surface area contributed by atoms with Crippen LogP contribution in [0.2, 0.25) is 0 Å². The number of likely N-dealkylation sites (N-methyl/N-ethyl adjacent to an activating group) is 1. The average molecular weight is 356 g/mol. The fraction of sp³-hybridized carbons (Fsp3) is 0.778. The summed E-state index contributed by atoms with van der Waals surface area (Å²) in [6, 6.07) is -0.477. The SMILES string of the molecule is C/C(=C\CN(C)C(=O)[C@@H](NC1OC1OC(C)(C)C)C(C)(C)C)C(=O)O. The number of nitrogens with zero attached hydrogens (tertiary/aromatic N) is 1. The third-order valence-electron chi connectivity index (χ3n) is 3.75. The van der Waals surface area contributed by atoms with Crippen LogP contribution in [0.25, 0.3) is 0 Å². The maximum Gasteiger partial charge on any atom is 0.331 e. The van der Waals surface area contributed by atoms with Gasteiger partial charge in [-0.2, -0.15) is 0 Å². The second-order valence-electron chi connectivity index (χ2n) is 8.53. The minimum atomic E-state index is -0.986. The van der Waals surface area contributed by atoms with Gasteiger partial charge in [0.1, 0.15) is 0 Å². The molecule has 0 aromatic heterocycles. The number of epoxide rings is 1. The Hall–Kier alpha value is -1.44. The predicted octanol–water partition coefficient (Wildman–Crippen LogP) is 1.98. The van der Waals surface area contributed by atoms with E-state index in [0.717, 1.165) is 0 Å². The highest BCUT2D eigenvalue weighted by Gasteiger charge is 2.47. The highest BCUT2D eigenvalue weighted by Crippen LogP contribution is 2.30. The van der Waals surface area contributed by atoms with Crippen LogP contribution in [0.4, 0.5) is 0 Å². The normalized spacial score (nSPS) is 22.5. The topological polar surface area (TPSA) is 91.4 Å². The molecular weight excluding hydrogens is 324 g/mol. The molecule has 1 aliphatic rings. The van der Waals surface area contributed by atoms with Crippen molar-refractivity contribution in [1.82, 2.24) is 10.2 Å².